The predicted octanol–water partition coefficient (Wildman–Crippen LogP) is 0.643. The van der Waals surface area contributed by atoms with Crippen molar-refractivity contribution in [2.24, 2.45) is 5.73 Å². The molecule has 1 heterocycles. The van der Waals surface area contributed by atoms with E-state index in [4.69, 9.17) is 10.5 Å². The Labute approximate surface area is 119 Å². The summed E-state index contributed by atoms with van der Waals surface area (Å²) in [6, 6.07) is 2.05. The molecule has 1 aromatic rings. The molecule has 0 spiro atoms. The minimum Gasteiger partial charge on any atom is -0.383 e. The van der Waals surface area contributed by atoms with Crippen molar-refractivity contribution >= 4 is 5.91 Å². The highest BCUT2D eigenvalue weighted by molar-refractivity contribution is 5.97. The van der Waals surface area contributed by atoms with Gasteiger partial charge in [-0.2, -0.15) is 0 Å². The first kappa shape index (κ1) is 14.5. The van der Waals surface area contributed by atoms with Crippen LogP contribution >= 0.6 is 0 Å². The third-order valence-corrected chi connectivity index (χ3v) is 3.16. The highest BCUT2D eigenvalue weighted by atomic mass is 16.5. The average molecular weight is 273 g/mol. The number of carbonyl (C=O) groups excluding carboxylic acids is 1. The molecule has 1 aromatic heterocycles. The predicted molar refractivity (Wildman–Crippen MR) is 76.1 cm³/mol. The summed E-state index contributed by atoms with van der Waals surface area (Å²) in [7, 11) is 1.64. The molecule has 5 heteroatoms. The molecule has 2 rings (SSSR count). The number of ether oxygens (including phenoxy) is 1. The van der Waals surface area contributed by atoms with Crippen LogP contribution in [0.3, 0.4) is 0 Å². The molecule has 0 radical (unpaired) electrons. The second kappa shape index (κ2) is 7.04. The molecule has 0 unspecified atom stereocenters. The number of methoxy groups -OCH3 is 1. The number of carbonyl (C=O) groups is 1. The lowest BCUT2D eigenvalue weighted by Crippen LogP contribution is -2.36. The van der Waals surface area contributed by atoms with Gasteiger partial charge >= 0.3 is 0 Å². The monoisotopic (exact) mass is 273 g/mol. The molecule has 1 fully saturated rings. The van der Waals surface area contributed by atoms with Crippen LogP contribution in [0.4, 0.5) is 0 Å². The second-order valence-corrected chi connectivity index (χ2v) is 4.65. The van der Waals surface area contributed by atoms with E-state index in [1.165, 1.54) is 0 Å². The molecule has 0 atom stereocenters. The van der Waals surface area contributed by atoms with Crippen molar-refractivity contribution in [2.45, 2.75) is 18.9 Å². The van der Waals surface area contributed by atoms with E-state index in [0.29, 0.717) is 30.3 Å². The SMILES string of the molecule is COCCN(C(=O)c1ccncc1C#CCN)C1CC1. The summed E-state index contributed by atoms with van der Waals surface area (Å²) in [5, 5.41) is 0. The molecule has 1 amide bonds. The Morgan fingerprint density at radius 2 is 2.40 bits per heavy atom. The fraction of sp³-hybridized carbons (Fsp3) is 0.467. The zero-order valence-electron chi connectivity index (χ0n) is 11.6. The van der Waals surface area contributed by atoms with Gasteiger partial charge in [-0.3, -0.25) is 9.78 Å². The van der Waals surface area contributed by atoms with Gasteiger partial charge in [-0.1, -0.05) is 11.8 Å². The highest BCUT2D eigenvalue weighted by Gasteiger charge is 2.33. The summed E-state index contributed by atoms with van der Waals surface area (Å²) >= 11 is 0. The van der Waals surface area contributed by atoms with E-state index in [0.717, 1.165) is 12.8 Å². The van der Waals surface area contributed by atoms with E-state index in [1.54, 1.807) is 25.6 Å². The lowest BCUT2D eigenvalue weighted by atomic mass is 10.1. The van der Waals surface area contributed by atoms with Crippen LogP contribution in [0.1, 0.15) is 28.8 Å². The topological polar surface area (TPSA) is 68.5 Å². The normalized spacial score (nSPS) is 13.5. The molecule has 1 aliphatic carbocycles. The van der Waals surface area contributed by atoms with Crippen molar-refractivity contribution in [3.63, 3.8) is 0 Å². The molecular weight excluding hydrogens is 254 g/mol. The van der Waals surface area contributed by atoms with Gasteiger partial charge < -0.3 is 15.4 Å². The first-order valence-corrected chi connectivity index (χ1v) is 6.70. The van der Waals surface area contributed by atoms with Crippen LogP contribution in [0.25, 0.3) is 0 Å². The largest absolute Gasteiger partial charge is 0.383 e. The van der Waals surface area contributed by atoms with E-state index in [9.17, 15) is 4.79 Å². The first-order valence-electron chi connectivity index (χ1n) is 6.70. The molecule has 1 aliphatic rings. The molecule has 5 nitrogen and oxygen atoms in total. The summed E-state index contributed by atoms with van der Waals surface area (Å²) < 4.78 is 5.08. The van der Waals surface area contributed by atoms with Gasteiger partial charge in [0, 0.05) is 32.1 Å². The van der Waals surface area contributed by atoms with Crippen molar-refractivity contribution in [2.75, 3.05) is 26.8 Å². The quantitative estimate of drug-likeness (QED) is 0.800. The molecule has 1 saturated carbocycles. The Morgan fingerprint density at radius 3 is 3.05 bits per heavy atom. The number of hydrogen-bond donors (Lipinski definition) is 1. The molecular formula is C15H19N3O2. The van der Waals surface area contributed by atoms with E-state index in [-0.39, 0.29) is 12.5 Å². The molecule has 20 heavy (non-hydrogen) atoms. The number of nitrogens with zero attached hydrogens (tertiary/aromatic N) is 2. The van der Waals surface area contributed by atoms with Gasteiger partial charge in [-0.05, 0) is 18.9 Å². The van der Waals surface area contributed by atoms with E-state index in [2.05, 4.69) is 16.8 Å². The van der Waals surface area contributed by atoms with Gasteiger partial charge in [0.2, 0.25) is 0 Å². The average Bonchev–Trinajstić information content (AvgIpc) is 3.30. The lowest BCUT2D eigenvalue weighted by Gasteiger charge is -2.22. The summed E-state index contributed by atoms with van der Waals surface area (Å²) in [5.41, 5.74) is 6.60. The molecule has 2 N–H and O–H groups in total. The summed E-state index contributed by atoms with van der Waals surface area (Å²) in [5.74, 6) is 5.67. The Balaban J connectivity index is 2.22. The minimum atomic E-state index is -0.00623. The van der Waals surface area contributed by atoms with Gasteiger partial charge in [0.15, 0.2) is 0 Å². The van der Waals surface area contributed by atoms with Crippen LogP contribution in [0.5, 0.6) is 0 Å². The molecule has 0 bridgehead atoms. The van der Waals surface area contributed by atoms with Gasteiger partial charge in [0.1, 0.15) is 0 Å². The molecule has 0 saturated heterocycles. The maximum Gasteiger partial charge on any atom is 0.255 e. The Kier molecular flexibility index (Phi) is 5.10. The van der Waals surface area contributed by atoms with Crippen molar-refractivity contribution in [1.29, 1.82) is 0 Å². The third-order valence-electron chi connectivity index (χ3n) is 3.16. The standard InChI is InChI=1S/C15H19N3O2/c1-20-10-9-18(13-4-5-13)15(19)14-6-8-17-11-12(14)3-2-7-16/h6,8,11,13H,4-5,7,9-10,16H2,1H3. The smallest absolute Gasteiger partial charge is 0.255 e. The number of rotatable bonds is 5. The Hall–Kier alpha value is -1.90. The summed E-state index contributed by atoms with van der Waals surface area (Å²) in [4.78, 5) is 18.6. The lowest BCUT2D eigenvalue weighted by molar-refractivity contribution is 0.0680. The first-order chi connectivity index (χ1) is 9.77. The van der Waals surface area contributed by atoms with Gasteiger partial charge in [0.25, 0.3) is 5.91 Å². The maximum absolute atomic E-state index is 12.7. The number of hydrogen-bond acceptors (Lipinski definition) is 4. The second-order valence-electron chi connectivity index (χ2n) is 4.65. The van der Waals surface area contributed by atoms with E-state index in [1.807, 2.05) is 4.90 Å². The van der Waals surface area contributed by atoms with Crippen LogP contribution in [0.2, 0.25) is 0 Å². The van der Waals surface area contributed by atoms with Crippen LogP contribution in [0.15, 0.2) is 18.5 Å². The molecule has 106 valence electrons. The van der Waals surface area contributed by atoms with Gasteiger partial charge in [-0.15, -0.1) is 0 Å². The summed E-state index contributed by atoms with van der Waals surface area (Å²) in [6.45, 7) is 1.40. The number of pyridine rings is 1. The maximum atomic E-state index is 12.7. The van der Waals surface area contributed by atoms with Crippen LogP contribution in [-0.4, -0.2) is 48.6 Å². The summed E-state index contributed by atoms with van der Waals surface area (Å²) in [6.07, 6.45) is 5.34. The fourth-order valence-electron chi connectivity index (χ4n) is 2.01. The van der Waals surface area contributed by atoms with Crippen LogP contribution in [-0.2, 0) is 4.74 Å². The number of aromatic nitrogens is 1. The van der Waals surface area contributed by atoms with Crippen molar-refractivity contribution in [3.05, 3.63) is 29.6 Å². The van der Waals surface area contributed by atoms with Crippen molar-refractivity contribution in [1.82, 2.24) is 9.88 Å². The Morgan fingerprint density at radius 1 is 1.60 bits per heavy atom. The fourth-order valence-corrected chi connectivity index (χ4v) is 2.01. The minimum absolute atomic E-state index is 0.00623. The van der Waals surface area contributed by atoms with E-state index >= 15 is 0 Å². The van der Waals surface area contributed by atoms with Gasteiger partial charge in [-0.25, -0.2) is 0 Å². The molecule has 0 aromatic carbocycles. The Bertz CT molecular complexity index is 529. The zero-order valence-corrected chi connectivity index (χ0v) is 11.6. The van der Waals surface area contributed by atoms with Crippen LogP contribution < -0.4 is 5.73 Å². The van der Waals surface area contributed by atoms with Crippen LogP contribution in [0, 0.1) is 11.8 Å². The zero-order chi connectivity index (χ0) is 14.4. The van der Waals surface area contributed by atoms with E-state index < -0.39 is 0 Å². The number of amides is 1. The van der Waals surface area contributed by atoms with Crippen molar-refractivity contribution in [3.8, 4) is 11.8 Å². The number of nitrogens with two attached hydrogens (primary N) is 1. The highest BCUT2D eigenvalue weighted by Crippen LogP contribution is 2.28. The molecule has 0 aliphatic heterocycles. The van der Waals surface area contributed by atoms with Crippen molar-refractivity contribution < 1.29 is 9.53 Å². The third kappa shape index (κ3) is 3.56. The van der Waals surface area contributed by atoms with Gasteiger partial charge in [0.05, 0.1) is 24.3 Å².